The second kappa shape index (κ2) is 7.64. The Morgan fingerprint density at radius 2 is 2.27 bits per heavy atom. The van der Waals surface area contributed by atoms with Gasteiger partial charge in [0, 0.05) is 18.6 Å². The maximum atomic E-state index is 11.4. The van der Waals surface area contributed by atoms with E-state index in [1.165, 1.54) is 0 Å². The number of fused-ring (bicyclic) bond motifs is 1. The molecular formula is C21H26O5. The first-order valence-electron chi connectivity index (χ1n) is 8.93. The predicted molar refractivity (Wildman–Crippen MR) is 97.4 cm³/mol. The maximum absolute atomic E-state index is 11.4. The minimum atomic E-state index is -0.939. The van der Waals surface area contributed by atoms with Gasteiger partial charge in [-0.3, -0.25) is 0 Å². The van der Waals surface area contributed by atoms with E-state index < -0.39 is 5.97 Å². The van der Waals surface area contributed by atoms with Crippen molar-refractivity contribution < 1.29 is 23.8 Å². The van der Waals surface area contributed by atoms with E-state index in [-0.39, 0.29) is 29.3 Å². The van der Waals surface area contributed by atoms with Crippen LogP contribution in [0.3, 0.4) is 0 Å². The summed E-state index contributed by atoms with van der Waals surface area (Å²) in [5, 5.41) is 9.39. The molecule has 1 aliphatic heterocycles. The second-order valence-electron chi connectivity index (χ2n) is 7.41. The lowest BCUT2D eigenvalue weighted by Crippen LogP contribution is -2.45. The van der Waals surface area contributed by atoms with Crippen molar-refractivity contribution in [2.75, 3.05) is 7.11 Å². The molecule has 0 saturated carbocycles. The number of hydrogen-bond donors (Lipinski definition) is 1. The average Bonchev–Trinajstić information content (AvgIpc) is 3.13. The zero-order valence-electron chi connectivity index (χ0n) is 15.3. The van der Waals surface area contributed by atoms with Crippen molar-refractivity contribution in [3.8, 4) is 0 Å². The van der Waals surface area contributed by atoms with E-state index in [0.29, 0.717) is 12.0 Å². The van der Waals surface area contributed by atoms with Crippen molar-refractivity contribution in [1.82, 2.24) is 0 Å². The lowest BCUT2D eigenvalue weighted by molar-refractivity contribution is -0.249. The molecule has 0 spiro atoms. The van der Waals surface area contributed by atoms with Crippen LogP contribution in [0.25, 0.3) is 0 Å². The van der Waals surface area contributed by atoms with Gasteiger partial charge < -0.3 is 19.0 Å². The van der Waals surface area contributed by atoms with Gasteiger partial charge in [-0.2, -0.15) is 0 Å². The van der Waals surface area contributed by atoms with Gasteiger partial charge in [0.2, 0.25) is 0 Å². The maximum Gasteiger partial charge on any atom is 0.335 e. The number of rotatable bonds is 3. The van der Waals surface area contributed by atoms with Crippen molar-refractivity contribution in [1.29, 1.82) is 0 Å². The Kier molecular flexibility index (Phi) is 5.49. The molecule has 5 nitrogen and oxygen atoms in total. The quantitative estimate of drug-likeness (QED) is 0.852. The van der Waals surface area contributed by atoms with Gasteiger partial charge in [-0.15, -0.1) is 0 Å². The fourth-order valence-electron chi connectivity index (χ4n) is 4.11. The summed E-state index contributed by atoms with van der Waals surface area (Å²) in [6.07, 6.45) is 11.5. The third-order valence-corrected chi connectivity index (χ3v) is 5.67. The van der Waals surface area contributed by atoms with Crippen LogP contribution in [0.15, 0.2) is 59.0 Å². The molecular weight excluding hydrogens is 332 g/mol. The highest BCUT2D eigenvalue weighted by molar-refractivity contribution is 5.91. The number of furan rings is 1. The third kappa shape index (κ3) is 3.69. The molecule has 5 heteroatoms. The van der Waals surface area contributed by atoms with Crippen molar-refractivity contribution in [3.63, 3.8) is 0 Å². The molecule has 0 bridgehead atoms. The van der Waals surface area contributed by atoms with Crippen LogP contribution in [-0.4, -0.2) is 24.5 Å². The molecule has 0 aromatic carbocycles. The molecule has 0 radical (unpaired) electrons. The number of carboxylic acid groups (broad SMARTS) is 1. The van der Waals surface area contributed by atoms with Gasteiger partial charge in [0.05, 0.1) is 24.2 Å². The summed E-state index contributed by atoms with van der Waals surface area (Å²) in [7, 11) is 1.66. The Labute approximate surface area is 154 Å². The topological polar surface area (TPSA) is 68.9 Å². The normalized spacial score (nSPS) is 32.6. The zero-order chi connectivity index (χ0) is 18.7. The third-order valence-electron chi connectivity index (χ3n) is 5.67. The minimum Gasteiger partial charge on any atom is -0.478 e. The van der Waals surface area contributed by atoms with E-state index in [2.05, 4.69) is 13.5 Å². The molecule has 26 heavy (non-hydrogen) atoms. The average molecular weight is 358 g/mol. The molecule has 4 atom stereocenters. The van der Waals surface area contributed by atoms with Crippen molar-refractivity contribution >= 4 is 5.97 Å². The van der Waals surface area contributed by atoms with E-state index in [1.54, 1.807) is 25.7 Å². The molecule has 2 heterocycles. The number of allylic oxidation sites excluding steroid dienone is 3. The molecule has 1 aromatic rings. The zero-order valence-corrected chi connectivity index (χ0v) is 15.3. The Morgan fingerprint density at radius 1 is 1.46 bits per heavy atom. The van der Waals surface area contributed by atoms with Crippen molar-refractivity contribution in [2.24, 2.45) is 11.3 Å². The Balaban J connectivity index is 1.91. The smallest absolute Gasteiger partial charge is 0.335 e. The summed E-state index contributed by atoms with van der Waals surface area (Å²) in [4.78, 5) is 11.4. The number of carboxylic acids is 1. The van der Waals surface area contributed by atoms with Gasteiger partial charge in [-0.25, -0.2) is 4.79 Å². The highest BCUT2D eigenvalue weighted by Gasteiger charge is 2.46. The number of hydrogen-bond acceptors (Lipinski definition) is 4. The molecule has 1 aliphatic carbocycles. The number of carbonyl (C=O) groups is 1. The molecule has 1 aromatic heterocycles. The minimum absolute atomic E-state index is 0.0355. The van der Waals surface area contributed by atoms with Gasteiger partial charge in [0.1, 0.15) is 0 Å². The summed E-state index contributed by atoms with van der Waals surface area (Å²) in [5.74, 6) is -0.795. The highest BCUT2D eigenvalue weighted by Crippen LogP contribution is 2.51. The number of methoxy groups -OCH3 is 1. The predicted octanol–water partition coefficient (Wildman–Crippen LogP) is 4.64. The van der Waals surface area contributed by atoms with E-state index in [0.717, 1.165) is 24.8 Å². The largest absolute Gasteiger partial charge is 0.478 e. The molecule has 4 unspecified atom stereocenters. The van der Waals surface area contributed by atoms with Crippen molar-refractivity contribution in [3.05, 3.63) is 60.1 Å². The molecule has 140 valence electrons. The second-order valence-corrected chi connectivity index (χ2v) is 7.41. The van der Waals surface area contributed by atoms with E-state index >= 15 is 0 Å². The fraction of sp³-hybridized carbons (Fsp3) is 0.476. The van der Waals surface area contributed by atoms with Crippen LogP contribution in [0.5, 0.6) is 0 Å². The number of ether oxygens (including phenoxy) is 2. The van der Waals surface area contributed by atoms with Gasteiger partial charge in [-0.1, -0.05) is 25.7 Å². The van der Waals surface area contributed by atoms with Crippen LogP contribution in [0, 0.1) is 11.3 Å². The van der Waals surface area contributed by atoms with Crippen LogP contribution in [0.1, 0.15) is 44.3 Å². The summed E-state index contributed by atoms with van der Waals surface area (Å²) >= 11 is 0. The summed E-state index contributed by atoms with van der Waals surface area (Å²) in [5.41, 5.74) is 1.89. The van der Waals surface area contributed by atoms with Crippen LogP contribution >= 0.6 is 0 Å². The molecule has 0 amide bonds. The van der Waals surface area contributed by atoms with Gasteiger partial charge in [-0.05, 0) is 48.8 Å². The van der Waals surface area contributed by atoms with Crippen LogP contribution in [0.4, 0.5) is 0 Å². The Hall–Kier alpha value is -2.11. The van der Waals surface area contributed by atoms with Crippen LogP contribution in [-0.2, 0) is 14.3 Å². The Morgan fingerprint density at radius 3 is 2.92 bits per heavy atom. The first-order chi connectivity index (χ1) is 12.4. The lowest BCUT2D eigenvalue weighted by Gasteiger charge is -2.48. The van der Waals surface area contributed by atoms with E-state index in [4.69, 9.17) is 13.9 Å². The summed E-state index contributed by atoms with van der Waals surface area (Å²) in [6, 6.07) is 1.93. The van der Waals surface area contributed by atoms with Crippen molar-refractivity contribution in [2.45, 2.75) is 45.0 Å². The first kappa shape index (κ1) is 18.7. The van der Waals surface area contributed by atoms with E-state index in [1.807, 2.05) is 18.2 Å². The Bertz CT molecular complexity index is 715. The lowest BCUT2D eigenvalue weighted by atomic mass is 9.66. The number of aliphatic carboxylic acids is 1. The standard InChI is InChI=1S/C21H26O5/c1-14-7-8-17-20(24-3)26-18(15-9-11-25-13-15)12-21(17,2)10-5-4-6-16(14)19(22)23/h4-6,9,11,13,17-18,20H,1,7-8,10,12H2,2-3H3,(H,22,23). The van der Waals surface area contributed by atoms with E-state index in [9.17, 15) is 9.90 Å². The monoisotopic (exact) mass is 358 g/mol. The summed E-state index contributed by atoms with van der Waals surface area (Å²) < 4.78 is 17.1. The first-order valence-corrected chi connectivity index (χ1v) is 8.93. The van der Waals surface area contributed by atoms with Crippen LogP contribution < -0.4 is 0 Å². The molecule has 1 fully saturated rings. The summed E-state index contributed by atoms with van der Waals surface area (Å²) in [6.45, 7) is 6.24. The molecule has 2 aliphatic rings. The SMILES string of the molecule is C=C1CCC2C(OC)OC(c3ccoc3)CC2(C)CC=CC=C1C(=O)O. The van der Waals surface area contributed by atoms with Gasteiger partial charge in [0.25, 0.3) is 0 Å². The highest BCUT2D eigenvalue weighted by atomic mass is 16.7. The molecule has 3 rings (SSSR count). The van der Waals surface area contributed by atoms with Gasteiger partial charge in [0.15, 0.2) is 6.29 Å². The molecule has 1 saturated heterocycles. The molecule has 1 N–H and O–H groups in total. The fourth-order valence-corrected chi connectivity index (χ4v) is 4.11. The van der Waals surface area contributed by atoms with Gasteiger partial charge >= 0.3 is 5.97 Å². The van der Waals surface area contributed by atoms with Crippen LogP contribution in [0.2, 0.25) is 0 Å².